The number of benzene rings is 1. The van der Waals surface area contributed by atoms with E-state index in [4.69, 9.17) is 4.74 Å². The van der Waals surface area contributed by atoms with Crippen molar-refractivity contribution in [2.75, 3.05) is 20.7 Å². The standard InChI is InChI=1S/C13H16NO3.3C4H9.Sn/c1-4-8-14(2)12(15)10-6-5-7-11(9-10)13(16)17-3;3*1-3-4-2;/h6-7,9H,4,8H2,1-3H3;3*1,3-4H2,2H3;. The van der Waals surface area contributed by atoms with Crippen LogP contribution in [0, 0.1) is 0 Å². The molecule has 0 saturated heterocycles. The summed E-state index contributed by atoms with van der Waals surface area (Å²) in [4.78, 5) is 27.4. The molecule has 170 valence electrons. The zero-order valence-electron chi connectivity index (χ0n) is 20.2. The van der Waals surface area contributed by atoms with Crippen LogP contribution >= 0.6 is 0 Å². The minimum atomic E-state index is -2.77. The third kappa shape index (κ3) is 7.58. The van der Waals surface area contributed by atoms with Crippen LogP contribution in [0.15, 0.2) is 18.2 Å². The zero-order chi connectivity index (χ0) is 22.6. The molecule has 0 atom stereocenters. The Labute approximate surface area is 188 Å². The second kappa shape index (κ2) is 14.1. The molecule has 0 N–H and O–H groups in total. The molecule has 0 bridgehead atoms. The third-order valence-electron chi connectivity index (χ3n) is 6.15. The van der Waals surface area contributed by atoms with Gasteiger partial charge in [0.25, 0.3) is 0 Å². The number of carbonyl (C=O) groups is 2. The summed E-state index contributed by atoms with van der Waals surface area (Å²) in [6.07, 6.45) is 8.22. The molecular formula is C25H43NO3Sn. The predicted octanol–water partition coefficient (Wildman–Crippen LogP) is 6.01. The van der Waals surface area contributed by atoms with Gasteiger partial charge in [-0.25, -0.2) is 0 Å². The monoisotopic (exact) mass is 525 g/mol. The van der Waals surface area contributed by atoms with E-state index in [1.807, 2.05) is 7.05 Å². The van der Waals surface area contributed by atoms with E-state index in [0.717, 1.165) is 6.42 Å². The van der Waals surface area contributed by atoms with E-state index >= 15 is 0 Å². The van der Waals surface area contributed by atoms with E-state index in [2.05, 4.69) is 39.8 Å². The summed E-state index contributed by atoms with van der Waals surface area (Å²) >= 11 is -2.77. The van der Waals surface area contributed by atoms with Gasteiger partial charge in [-0.05, 0) is 0 Å². The molecule has 1 aromatic rings. The Balaban J connectivity index is 3.59. The number of hydrogen-bond donors (Lipinski definition) is 0. The molecule has 0 aliphatic heterocycles. The summed E-state index contributed by atoms with van der Waals surface area (Å²) < 4.78 is 10.3. The van der Waals surface area contributed by atoms with E-state index < -0.39 is 18.4 Å². The number of carbonyl (C=O) groups excluding carboxylic acids is 2. The molecule has 0 aliphatic carbocycles. The molecule has 1 rings (SSSR count). The van der Waals surface area contributed by atoms with E-state index in [-0.39, 0.29) is 11.9 Å². The fourth-order valence-corrected chi connectivity index (χ4v) is 20.4. The molecular weight excluding hydrogens is 481 g/mol. The number of nitrogens with zero attached hydrogens (tertiary/aromatic N) is 1. The van der Waals surface area contributed by atoms with Crippen LogP contribution in [0.4, 0.5) is 0 Å². The number of methoxy groups -OCH3 is 1. The Bertz CT molecular complexity index is 653. The van der Waals surface area contributed by atoms with Gasteiger partial charge in [0.05, 0.1) is 0 Å². The van der Waals surface area contributed by atoms with Crippen LogP contribution in [0.5, 0.6) is 0 Å². The Morgan fingerprint density at radius 3 is 1.77 bits per heavy atom. The van der Waals surface area contributed by atoms with E-state index in [1.54, 1.807) is 11.0 Å². The van der Waals surface area contributed by atoms with Crippen LogP contribution < -0.4 is 3.58 Å². The number of esters is 1. The van der Waals surface area contributed by atoms with Crippen molar-refractivity contribution in [3.8, 4) is 0 Å². The van der Waals surface area contributed by atoms with Gasteiger partial charge in [0.15, 0.2) is 0 Å². The second-order valence-corrected chi connectivity index (χ2v) is 21.8. The summed E-state index contributed by atoms with van der Waals surface area (Å²) in [6, 6.07) is 5.97. The van der Waals surface area contributed by atoms with E-state index in [0.29, 0.717) is 17.7 Å². The first-order chi connectivity index (χ1) is 14.4. The van der Waals surface area contributed by atoms with Crippen LogP contribution in [0.25, 0.3) is 0 Å². The van der Waals surface area contributed by atoms with Crippen LogP contribution in [0.1, 0.15) is 93.4 Å². The van der Waals surface area contributed by atoms with Gasteiger partial charge in [0.2, 0.25) is 0 Å². The van der Waals surface area contributed by atoms with Gasteiger partial charge < -0.3 is 0 Å². The first-order valence-electron chi connectivity index (χ1n) is 11.9. The maximum absolute atomic E-state index is 13.1. The van der Waals surface area contributed by atoms with Crippen LogP contribution in [0.2, 0.25) is 13.3 Å². The Morgan fingerprint density at radius 2 is 1.33 bits per heavy atom. The summed E-state index contributed by atoms with van der Waals surface area (Å²) in [6.45, 7) is 9.57. The summed E-state index contributed by atoms with van der Waals surface area (Å²) in [5.41, 5.74) is 1.18. The predicted molar refractivity (Wildman–Crippen MR) is 130 cm³/mol. The molecule has 0 aliphatic rings. The first-order valence-corrected chi connectivity index (χ1v) is 19.4. The van der Waals surface area contributed by atoms with E-state index in [9.17, 15) is 9.59 Å². The number of unbranched alkanes of at least 4 members (excludes halogenated alkanes) is 3. The molecule has 0 unspecified atom stereocenters. The van der Waals surface area contributed by atoms with Crippen LogP contribution in [-0.2, 0) is 4.74 Å². The fourth-order valence-electron chi connectivity index (χ4n) is 4.30. The second-order valence-electron chi connectivity index (χ2n) is 8.61. The number of rotatable bonds is 14. The number of hydrogen-bond acceptors (Lipinski definition) is 3. The van der Waals surface area contributed by atoms with Gasteiger partial charge in [-0.3, -0.25) is 0 Å². The Hall–Kier alpha value is -1.04. The Kier molecular flexibility index (Phi) is 12.7. The van der Waals surface area contributed by atoms with Gasteiger partial charge in [0, 0.05) is 0 Å². The minimum absolute atomic E-state index is 0.00511. The van der Waals surface area contributed by atoms with Crippen LogP contribution in [-0.4, -0.2) is 55.9 Å². The molecule has 0 saturated carbocycles. The summed E-state index contributed by atoms with van der Waals surface area (Å²) in [5, 5.41) is 0. The molecule has 0 fully saturated rings. The van der Waals surface area contributed by atoms with E-state index in [1.165, 1.54) is 62.5 Å². The average molecular weight is 524 g/mol. The van der Waals surface area contributed by atoms with Gasteiger partial charge in [-0.2, -0.15) is 0 Å². The quantitative estimate of drug-likeness (QED) is 0.221. The first kappa shape index (κ1) is 27.0. The third-order valence-corrected chi connectivity index (χ3v) is 21.7. The molecule has 4 nitrogen and oxygen atoms in total. The molecule has 0 spiro atoms. The van der Waals surface area contributed by atoms with Gasteiger partial charge >= 0.3 is 189 Å². The Morgan fingerprint density at radius 1 is 0.833 bits per heavy atom. The zero-order valence-corrected chi connectivity index (χ0v) is 23.0. The summed E-state index contributed by atoms with van der Waals surface area (Å²) in [5.74, 6) is -0.337. The van der Waals surface area contributed by atoms with Crippen molar-refractivity contribution >= 4 is 33.8 Å². The average Bonchev–Trinajstić information content (AvgIpc) is 2.77. The van der Waals surface area contributed by atoms with Crippen molar-refractivity contribution in [3.63, 3.8) is 0 Å². The van der Waals surface area contributed by atoms with Crippen LogP contribution in [0.3, 0.4) is 0 Å². The van der Waals surface area contributed by atoms with Crippen molar-refractivity contribution in [2.45, 2.75) is 86.0 Å². The number of ether oxygens (including phenoxy) is 1. The molecule has 0 heterocycles. The molecule has 0 radical (unpaired) electrons. The van der Waals surface area contributed by atoms with Gasteiger partial charge in [-0.1, -0.05) is 0 Å². The molecule has 1 aromatic carbocycles. The molecule has 30 heavy (non-hydrogen) atoms. The van der Waals surface area contributed by atoms with Crippen molar-refractivity contribution < 1.29 is 14.3 Å². The van der Waals surface area contributed by atoms with Crippen molar-refractivity contribution in [3.05, 3.63) is 29.3 Å². The molecule has 1 amide bonds. The summed E-state index contributed by atoms with van der Waals surface area (Å²) in [7, 11) is 3.26. The van der Waals surface area contributed by atoms with Gasteiger partial charge in [0.1, 0.15) is 0 Å². The SMILES string of the molecule is CCC[CH2][Sn]([CH2]CCC)([CH2]CCC)[c]1cc(C(=O)OC)cc(C(=O)N(C)CCC)c1. The van der Waals surface area contributed by atoms with Crippen molar-refractivity contribution in [1.29, 1.82) is 0 Å². The topological polar surface area (TPSA) is 46.6 Å². The van der Waals surface area contributed by atoms with Gasteiger partial charge in [-0.15, -0.1) is 0 Å². The number of amides is 1. The fraction of sp³-hybridized carbons (Fsp3) is 0.680. The van der Waals surface area contributed by atoms with Crippen molar-refractivity contribution in [1.82, 2.24) is 4.90 Å². The maximum atomic E-state index is 13.1. The molecule has 0 aromatic heterocycles. The normalized spacial score (nSPS) is 11.4. The molecule has 5 heteroatoms. The van der Waals surface area contributed by atoms with Crippen molar-refractivity contribution in [2.24, 2.45) is 0 Å².